The lowest BCUT2D eigenvalue weighted by atomic mass is 10.0. The predicted molar refractivity (Wildman–Crippen MR) is 134 cm³/mol. The number of benzene rings is 3. The maximum atomic E-state index is 13.8. The van der Waals surface area contributed by atoms with E-state index in [2.05, 4.69) is 10.3 Å². The molecule has 0 saturated heterocycles. The molecule has 8 nitrogen and oxygen atoms in total. The molecule has 0 unspecified atom stereocenters. The number of fused-ring (bicyclic) bond motifs is 2. The van der Waals surface area contributed by atoms with E-state index < -0.39 is 23.8 Å². The van der Waals surface area contributed by atoms with Gasteiger partial charge in [-0.2, -0.15) is 0 Å². The summed E-state index contributed by atoms with van der Waals surface area (Å²) in [4.78, 5) is 45.8. The third-order valence-electron chi connectivity index (χ3n) is 6.24. The molecule has 1 atom stereocenters. The number of amides is 3. The maximum Gasteiger partial charge on any atom is 0.262 e. The highest BCUT2D eigenvalue weighted by atomic mass is 16.5. The lowest BCUT2D eigenvalue weighted by Crippen LogP contribution is -2.48. The summed E-state index contributed by atoms with van der Waals surface area (Å²) in [6.07, 6.45) is 1.69. The Kier molecular flexibility index (Phi) is 6.08. The molecule has 1 aliphatic rings. The van der Waals surface area contributed by atoms with Gasteiger partial charge in [0.2, 0.25) is 5.91 Å². The summed E-state index contributed by atoms with van der Waals surface area (Å²) in [7, 11) is 3.05. The minimum absolute atomic E-state index is 0.0443. The molecule has 180 valence electrons. The van der Waals surface area contributed by atoms with Gasteiger partial charge in [0, 0.05) is 24.1 Å². The van der Waals surface area contributed by atoms with Crippen molar-refractivity contribution in [2.24, 2.45) is 0 Å². The van der Waals surface area contributed by atoms with Crippen molar-refractivity contribution in [3.05, 3.63) is 95.7 Å². The molecule has 1 aromatic heterocycles. The van der Waals surface area contributed by atoms with Crippen LogP contribution in [0.15, 0.2) is 79.0 Å². The van der Waals surface area contributed by atoms with Gasteiger partial charge in [-0.15, -0.1) is 0 Å². The molecule has 0 aliphatic carbocycles. The van der Waals surface area contributed by atoms with Crippen molar-refractivity contribution >= 4 is 34.3 Å². The Labute approximate surface area is 207 Å². The van der Waals surface area contributed by atoms with Crippen molar-refractivity contribution in [1.82, 2.24) is 9.88 Å². The van der Waals surface area contributed by atoms with Gasteiger partial charge in [-0.1, -0.05) is 36.4 Å². The Morgan fingerprint density at radius 2 is 1.64 bits per heavy atom. The first-order valence-corrected chi connectivity index (χ1v) is 11.3. The molecule has 0 radical (unpaired) electrons. The number of carbonyl (C=O) groups excluding carboxylic acids is 3. The number of imide groups is 1. The van der Waals surface area contributed by atoms with Crippen molar-refractivity contribution in [3.63, 3.8) is 0 Å². The summed E-state index contributed by atoms with van der Waals surface area (Å²) in [5, 5.41) is 3.75. The molecular weight excluding hydrogens is 458 g/mol. The minimum Gasteiger partial charge on any atom is -0.497 e. The molecule has 1 N–H and O–H groups in total. The molecule has 0 spiro atoms. The zero-order chi connectivity index (χ0) is 25.2. The second kappa shape index (κ2) is 9.50. The highest BCUT2D eigenvalue weighted by Crippen LogP contribution is 2.31. The molecule has 3 aromatic carbocycles. The van der Waals surface area contributed by atoms with Crippen molar-refractivity contribution in [2.45, 2.75) is 12.5 Å². The number of ether oxygens (including phenoxy) is 2. The van der Waals surface area contributed by atoms with Gasteiger partial charge in [0.05, 0.1) is 36.6 Å². The molecule has 4 aromatic rings. The first-order valence-electron chi connectivity index (χ1n) is 11.3. The molecule has 36 heavy (non-hydrogen) atoms. The summed E-state index contributed by atoms with van der Waals surface area (Å²) < 4.78 is 10.8. The van der Waals surface area contributed by atoms with Crippen LogP contribution in [0.1, 0.15) is 26.3 Å². The Morgan fingerprint density at radius 1 is 0.917 bits per heavy atom. The van der Waals surface area contributed by atoms with Crippen LogP contribution in [0.2, 0.25) is 0 Å². The second-order valence-electron chi connectivity index (χ2n) is 8.29. The molecule has 3 amide bonds. The van der Waals surface area contributed by atoms with Crippen LogP contribution < -0.4 is 14.8 Å². The molecule has 0 fully saturated rings. The SMILES string of the molecule is COc1ccc(C[C@@H](C(=O)Nc2cccc3cccnc23)N2C(=O)c3ccccc3C2=O)c(OC)c1. The second-order valence-corrected chi connectivity index (χ2v) is 8.29. The van der Waals surface area contributed by atoms with Gasteiger partial charge in [0.25, 0.3) is 11.8 Å². The molecule has 0 bridgehead atoms. The van der Waals surface area contributed by atoms with Crippen LogP contribution >= 0.6 is 0 Å². The van der Waals surface area contributed by atoms with Gasteiger partial charge in [0.15, 0.2) is 0 Å². The topological polar surface area (TPSA) is 97.8 Å². The van der Waals surface area contributed by atoms with Crippen LogP contribution in [0.4, 0.5) is 5.69 Å². The molecular formula is C28H23N3O5. The zero-order valence-corrected chi connectivity index (χ0v) is 19.7. The van der Waals surface area contributed by atoms with Crippen molar-refractivity contribution < 1.29 is 23.9 Å². The summed E-state index contributed by atoms with van der Waals surface area (Å²) >= 11 is 0. The Hall–Kier alpha value is -4.72. The number of para-hydroxylation sites is 1. The number of carbonyl (C=O) groups is 3. The van der Waals surface area contributed by atoms with Crippen LogP contribution in [0.3, 0.4) is 0 Å². The third kappa shape index (κ3) is 4.02. The van der Waals surface area contributed by atoms with Crippen LogP contribution in [-0.4, -0.2) is 47.9 Å². The van der Waals surface area contributed by atoms with E-state index in [1.165, 1.54) is 7.11 Å². The fourth-order valence-corrected chi connectivity index (χ4v) is 4.44. The fraction of sp³-hybridized carbons (Fsp3) is 0.143. The molecule has 0 saturated carbocycles. The summed E-state index contributed by atoms with van der Waals surface area (Å²) in [5.41, 5.74) is 2.28. The largest absolute Gasteiger partial charge is 0.497 e. The van der Waals surface area contributed by atoms with E-state index in [4.69, 9.17) is 9.47 Å². The maximum absolute atomic E-state index is 13.8. The average molecular weight is 482 g/mol. The van der Waals surface area contributed by atoms with Gasteiger partial charge < -0.3 is 14.8 Å². The fourth-order valence-electron chi connectivity index (χ4n) is 4.44. The highest BCUT2D eigenvalue weighted by Gasteiger charge is 2.43. The lowest BCUT2D eigenvalue weighted by Gasteiger charge is -2.26. The Morgan fingerprint density at radius 3 is 2.33 bits per heavy atom. The van der Waals surface area contributed by atoms with Crippen LogP contribution in [0, 0.1) is 0 Å². The van der Waals surface area contributed by atoms with Gasteiger partial charge in [-0.25, -0.2) is 0 Å². The number of nitrogens with one attached hydrogen (secondary N) is 1. The number of methoxy groups -OCH3 is 2. The number of rotatable bonds is 7. The van der Waals surface area contributed by atoms with Gasteiger partial charge >= 0.3 is 0 Å². The highest BCUT2D eigenvalue weighted by molar-refractivity contribution is 6.23. The Balaban J connectivity index is 1.55. The van der Waals surface area contributed by atoms with Crippen LogP contribution in [0.5, 0.6) is 11.5 Å². The smallest absolute Gasteiger partial charge is 0.262 e. The standard InChI is InChI=1S/C28H23N3O5/c1-35-19-13-12-18(24(16-19)36-2)15-23(31-27(33)20-9-3-4-10-21(20)28(31)34)26(32)30-22-11-5-7-17-8-6-14-29-25(17)22/h3-14,16,23H,15H2,1-2H3,(H,30,32)/t23-/m0/s1. The summed E-state index contributed by atoms with van der Waals surface area (Å²) in [5.74, 6) is -0.478. The van der Waals surface area contributed by atoms with Crippen molar-refractivity contribution in [1.29, 1.82) is 0 Å². The number of hydrogen-bond donors (Lipinski definition) is 1. The zero-order valence-electron chi connectivity index (χ0n) is 19.7. The van der Waals surface area contributed by atoms with E-state index >= 15 is 0 Å². The first kappa shape index (κ1) is 23.0. The number of pyridine rings is 1. The van der Waals surface area contributed by atoms with Gasteiger partial charge in [0.1, 0.15) is 17.5 Å². The quantitative estimate of drug-likeness (QED) is 0.399. The lowest BCUT2D eigenvalue weighted by molar-refractivity contribution is -0.119. The normalized spacial score (nSPS) is 13.4. The van der Waals surface area contributed by atoms with E-state index in [0.29, 0.717) is 28.3 Å². The molecule has 8 heteroatoms. The Bertz CT molecular complexity index is 1460. The van der Waals surface area contributed by atoms with E-state index in [1.54, 1.807) is 61.8 Å². The number of hydrogen-bond acceptors (Lipinski definition) is 6. The summed E-state index contributed by atoms with van der Waals surface area (Å²) in [6.45, 7) is 0. The number of nitrogens with zero attached hydrogens (tertiary/aromatic N) is 2. The first-order chi connectivity index (χ1) is 17.5. The van der Waals surface area contributed by atoms with Gasteiger partial charge in [-0.3, -0.25) is 24.3 Å². The van der Waals surface area contributed by atoms with E-state index in [1.807, 2.05) is 24.3 Å². The minimum atomic E-state index is -1.14. The molecule has 1 aliphatic heterocycles. The van der Waals surface area contributed by atoms with Crippen molar-refractivity contribution in [3.8, 4) is 11.5 Å². The van der Waals surface area contributed by atoms with Gasteiger partial charge in [-0.05, 0) is 35.9 Å². The third-order valence-corrected chi connectivity index (χ3v) is 6.24. The summed E-state index contributed by atoms with van der Waals surface area (Å²) in [6, 6.07) is 19.8. The molecule has 5 rings (SSSR count). The van der Waals surface area contributed by atoms with Crippen molar-refractivity contribution in [2.75, 3.05) is 19.5 Å². The van der Waals surface area contributed by atoms with Crippen LogP contribution in [0.25, 0.3) is 10.9 Å². The average Bonchev–Trinajstić information content (AvgIpc) is 3.17. The van der Waals surface area contributed by atoms with E-state index in [9.17, 15) is 14.4 Å². The predicted octanol–water partition coefficient (Wildman–Crippen LogP) is 4.10. The van der Waals surface area contributed by atoms with E-state index in [-0.39, 0.29) is 17.5 Å². The number of aromatic nitrogens is 1. The van der Waals surface area contributed by atoms with Crippen LogP contribution in [-0.2, 0) is 11.2 Å². The molecule has 2 heterocycles. The monoisotopic (exact) mass is 481 g/mol. The van der Waals surface area contributed by atoms with E-state index in [0.717, 1.165) is 10.3 Å². The number of anilines is 1.